The van der Waals surface area contributed by atoms with Crippen LogP contribution in [0.3, 0.4) is 0 Å². The molecule has 4 N–H and O–H groups in total. The predicted octanol–water partition coefficient (Wildman–Crippen LogP) is 0.571. The van der Waals surface area contributed by atoms with Gasteiger partial charge in [0.1, 0.15) is 0 Å². The van der Waals surface area contributed by atoms with Gasteiger partial charge >= 0.3 is 0 Å². The van der Waals surface area contributed by atoms with Crippen LogP contribution in [0.15, 0.2) is 24.3 Å². The first kappa shape index (κ1) is 18.6. The summed E-state index contributed by atoms with van der Waals surface area (Å²) in [5, 5.41) is 5.48. The third kappa shape index (κ3) is 5.71. The van der Waals surface area contributed by atoms with E-state index >= 15 is 0 Å². The van der Waals surface area contributed by atoms with E-state index in [1.54, 1.807) is 36.1 Å². The van der Waals surface area contributed by atoms with Crippen LogP contribution in [0.2, 0.25) is 0 Å². The van der Waals surface area contributed by atoms with Crippen LogP contribution in [-0.2, 0) is 9.59 Å². The highest BCUT2D eigenvalue weighted by molar-refractivity contribution is 5.96. The summed E-state index contributed by atoms with van der Waals surface area (Å²) in [6.07, 6.45) is 0. The molecule has 7 heteroatoms. The van der Waals surface area contributed by atoms with E-state index < -0.39 is 11.9 Å². The monoisotopic (exact) mass is 320 g/mol. The quantitative estimate of drug-likeness (QED) is 0.651. The molecule has 126 valence electrons. The summed E-state index contributed by atoms with van der Waals surface area (Å²) in [5.41, 5.74) is 6.12. The zero-order valence-corrected chi connectivity index (χ0v) is 13.8. The van der Waals surface area contributed by atoms with E-state index in [2.05, 4.69) is 10.6 Å². The molecule has 0 aromatic heterocycles. The van der Waals surface area contributed by atoms with E-state index in [-0.39, 0.29) is 18.4 Å². The highest BCUT2D eigenvalue weighted by Gasteiger charge is 2.22. The Hall–Kier alpha value is -2.41. The van der Waals surface area contributed by atoms with Gasteiger partial charge in [-0.25, -0.2) is 0 Å². The van der Waals surface area contributed by atoms with E-state index in [4.69, 9.17) is 5.73 Å². The van der Waals surface area contributed by atoms with Crippen molar-refractivity contribution in [3.8, 4) is 0 Å². The molecule has 1 rings (SSSR count). The van der Waals surface area contributed by atoms with Crippen molar-refractivity contribution < 1.29 is 14.4 Å². The Balaban J connectivity index is 2.67. The summed E-state index contributed by atoms with van der Waals surface area (Å²) in [4.78, 5) is 36.8. The van der Waals surface area contributed by atoms with Crippen LogP contribution >= 0.6 is 0 Å². The first-order valence-electron chi connectivity index (χ1n) is 7.60. The number of nitrogens with zero attached hydrogens (tertiary/aromatic N) is 1. The summed E-state index contributed by atoms with van der Waals surface area (Å²) in [6.45, 7) is 6.79. The number of rotatable bonds is 8. The molecule has 0 unspecified atom stereocenters. The minimum atomic E-state index is -0.518. The molecule has 1 aromatic carbocycles. The summed E-state index contributed by atoms with van der Waals surface area (Å²) in [5.74, 6) is -0.849. The fourth-order valence-electron chi connectivity index (χ4n) is 2.09. The molecule has 23 heavy (non-hydrogen) atoms. The molecular weight excluding hydrogens is 296 g/mol. The molecule has 0 heterocycles. The summed E-state index contributed by atoms with van der Waals surface area (Å²) in [6, 6.07) is 5.87. The molecule has 0 fully saturated rings. The summed E-state index contributed by atoms with van der Waals surface area (Å²) in [7, 11) is 0. The Bertz CT molecular complexity index is 557. The molecule has 0 saturated heterocycles. The maximum Gasteiger partial charge on any atom is 0.248 e. The van der Waals surface area contributed by atoms with Crippen molar-refractivity contribution in [1.82, 2.24) is 10.2 Å². The number of hydrogen-bond acceptors (Lipinski definition) is 4. The van der Waals surface area contributed by atoms with Crippen LogP contribution in [0.1, 0.15) is 31.1 Å². The molecule has 0 saturated carbocycles. The fraction of sp³-hybridized carbons (Fsp3) is 0.438. The van der Waals surface area contributed by atoms with E-state index in [9.17, 15) is 14.4 Å². The first-order valence-corrected chi connectivity index (χ1v) is 7.60. The lowest BCUT2D eigenvalue weighted by Crippen LogP contribution is -2.46. The highest BCUT2D eigenvalue weighted by Crippen LogP contribution is 2.11. The van der Waals surface area contributed by atoms with Gasteiger partial charge < -0.3 is 16.4 Å². The van der Waals surface area contributed by atoms with Crippen molar-refractivity contribution in [2.75, 3.05) is 25.0 Å². The maximum absolute atomic E-state index is 12.3. The summed E-state index contributed by atoms with van der Waals surface area (Å²) < 4.78 is 0. The second kappa shape index (κ2) is 8.89. The van der Waals surface area contributed by atoms with Gasteiger partial charge in [-0.1, -0.05) is 6.92 Å². The number of nitrogens with two attached hydrogens (primary N) is 1. The Morgan fingerprint density at radius 3 is 2.26 bits per heavy atom. The van der Waals surface area contributed by atoms with Crippen molar-refractivity contribution in [2.24, 2.45) is 5.73 Å². The van der Waals surface area contributed by atoms with Gasteiger partial charge in [0.25, 0.3) is 0 Å². The average Bonchev–Trinajstić information content (AvgIpc) is 2.52. The number of hydrogen-bond donors (Lipinski definition) is 3. The lowest BCUT2D eigenvalue weighted by atomic mass is 10.2. The molecular formula is C16H24N4O3. The average molecular weight is 320 g/mol. The van der Waals surface area contributed by atoms with Gasteiger partial charge in [0, 0.05) is 17.8 Å². The third-order valence-electron chi connectivity index (χ3n) is 3.49. The lowest BCUT2D eigenvalue weighted by molar-refractivity contribution is -0.125. The number of primary amides is 1. The predicted molar refractivity (Wildman–Crippen MR) is 89.0 cm³/mol. The van der Waals surface area contributed by atoms with E-state index in [1.807, 2.05) is 13.8 Å². The number of carbonyl (C=O) groups excluding carboxylic acids is 3. The topological polar surface area (TPSA) is 105 Å². The van der Waals surface area contributed by atoms with E-state index in [0.717, 1.165) is 0 Å². The molecule has 0 aliphatic heterocycles. The number of anilines is 1. The van der Waals surface area contributed by atoms with Gasteiger partial charge in [0.15, 0.2) is 0 Å². The molecule has 0 bridgehead atoms. The van der Waals surface area contributed by atoms with Crippen molar-refractivity contribution >= 4 is 23.4 Å². The molecule has 7 nitrogen and oxygen atoms in total. The van der Waals surface area contributed by atoms with Gasteiger partial charge in [0.05, 0.1) is 12.6 Å². The zero-order valence-electron chi connectivity index (χ0n) is 13.8. The minimum Gasteiger partial charge on any atom is -0.366 e. The van der Waals surface area contributed by atoms with E-state index in [1.165, 1.54) is 0 Å². The Morgan fingerprint density at radius 1 is 1.17 bits per heavy atom. The normalized spacial score (nSPS) is 11.8. The van der Waals surface area contributed by atoms with Gasteiger partial charge in [-0.3, -0.25) is 19.3 Å². The van der Waals surface area contributed by atoms with E-state index in [0.29, 0.717) is 24.3 Å². The van der Waals surface area contributed by atoms with Crippen LogP contribution in [0.25, 0.3) is 0 Å². The Kier molecular flexibility index (Phi) is 7.21. The first-order chi connectivity index (χ1) is 10.9. The van der Waals surface area contributed by atoms with Crippen molar-refractivity contribution in [3.05, 3.63) is 29.8 Å². The molecule has 0 aliphatic rings. The van der Waals surface area contributed by atoms with Crippen LogP contribution in [0, 0.1) is 0 Å². The number of amides is 3. The van der Waals surface area contributed by atoms with Crippen molar-refractivity contribution in [2.45, 2.75) is 26.8 Å². The summed E-state index contributed by atoms with van der Waals surface area (Å²) >= 11 is 0. The minimum absolute atomic E-state index is 0.111. The standard InChI is InChI=1S/C16H24N4O3/c1-4-18-14(21)10-20(5-2)11(3)16(23)19-13-8-6-12(7-9-13)15(17)22/h6-9,11H,4-5,10H2,1-3H3,(H2,17,22)(H,18,21)(H,19,23)/t11-/m1/s1. The lowest BCUT2D eigenvalue weighted by Gasteiger charge is -2.26. The van der Waals surface area contributed by atoms with Crippen LogP contribution in [-0.4, -0.2) is 48.3 Å². The molecule has 0 radical (unpaired) electrons. The van der Waals surface area contributed by atoms with Crippen LogP contribution in [0.4, 0.5) is 5.69 Å². The molecule has 1 aromatic rings. The Labute approximate surface area is 136 Å². The zero-order chi connectivity index (χ0) is 17.4. The number of likely N-dealkylation sites (N-methyl/N-ethyl adjacent to an activating group) is 2. The second-order valence-electron chi connectivity index (χ2n) is 5.12. The molecule has 0 aliphatic carbocycles. The van der Waals surface area contributed by atoms with Gasteiger partial charge in [-0.15, -0.1) is 0 Å². The Morgan fingerprint density at radius 2 is 1.78 bits per heavy atom. The molecule has 0 spiro atoms. The number of benzene rings is 1. The van der Waals surface area contributed by atoms with Gasteiger partial charge in [-0.2, -0.15) is 0 Å². The molecule has 3 amide bonds. The van der Waals surface area contributed by atoms with Crippen LogP contribution < -0.4 is 16.4 Å². The van der Waals surface area contributed by atoms with Gasteiger partial charge in [-0.05, 0) is 44.7 Å². The fourth-order valence-corrected chi connectivity index (χ4v) is 2.09. The number of carbonyl (C=O) groups is 3. The third-order valence-corrected chi connectivity index (χ3v) is 3.49. The second-order valence-corrected chi connectivity index (χ2v) is 5.12. The maximum atomic E-state index is 12.3. The largest absolute Gasteiger partial charge is 0.366 e. The SMILES string of the molecule is CCNC(=O)CN(CC)[C@H](C)C(=O)Nc1ccc(C(N)=O)cc1. The van der Waals surface area contributed by atoms with Crippen LogP contribution in [0.5, 0.6) is 0 Å². The smallest absolute Gasteiger partial charge is 0.248 e. The van der Waals surface area contributed by atoms with Crippen molar-refractivity contribution in [1.29, 1.82) is 0 Å². The number of nitrogens with one attached hydrogen (secondary N) is 2. The molecule has 1 atom stereocenters. The van der Waals surface area contributed by atoms with Gasteiger partial charge in [0.2, 0.25) is 17.7 Å². The van der Waals surface area contributed by atoms with Crippen molar-refractivity contribution in [3.63, 3.8) is 0 Å². The highest BCUT2D eigenvalue weighted by atomic mass is 16.2.